The summed E-state index contributed by atoms with van der Waals surface area (Å²) in [4.78, 5) is 0. The lowest BCUT2D eigenvalue weighted by molar-refractivity contribution is 0.117. The van der Waals surface area contributed by atoms with Crippen molar-refractivity contribution in [2.45, 2.75) is 6.10 Å². The molecule has 2 rings (SSSR count). The third-order valence-corrected chi connectivity index (χ3v) is 3.11. The van der Waals surface area contributed by atoms with Gasteiger partial charge in [-0.15, -0.1) is 0 Å². The Kier molecular flexibility index (Phi) is 5.44. The number of hydrogen-bond donors (Lipinski definition) is 2. The topological polar surface area (TPSA) is 65.3 Å². The van der Waals surface area contributed by atoms with Crippen LogP contribution in [0.5, 0.6) is 5.75 Å². The molecule has 0 radical (unpaired) electrons. The lowest BCUT2D eigenvalue weighted by Crippen LogP contribution is -2.26. The van der Waals surface area contributed by atoms with Gasteiger partial charge in [-0.1, -0.05) is 29.8 Å². The van der Waals surface area contributed by atoms with Crippen molar-refractivity contribution in [2.24, 2.45) is 0 Å². The number of halogens is 1. The van der Waals surface area contributed by atoms with Crippen LogP contribution in [0.4, 0.5) is 5.69 Å². The Hall–Kier alpha value is -2.22. The van der Waals surface area contributed by atoms with Crippen molar-refractivity contribution in [1.82, 2.24) is 0 Å². The Labute approximate surface area is 128 Å². The highest BCUT2D eigenvalue weighted by Gasteiger charge is 2.07. The Morgan fingerprint density at radius 1 is 1.24 bits per heavy atom. The van der Waals surface area contributed by atoms with Crippen LogP contribution in [-0.4, -0.2) is 24.4 Å². The van der Waals surface area contributed by atoms with Crippen molar-refractivity contribution in [1.29, 1.82) is 5.26 Å². The molecule has 5 heteroatoms. The van der Waals surface area contributed by atoms with E-state index < -0.39 is 6.10 Å². The van der Waals surface area contributed by atoms with Gasteiger partial charge < -0.3 is 15.2 Å². The Bertz CT molecular complexity index is 640. The fraction of sp³-hybridized carbons (Fsp3) is 0.188. The third kappa shape index (κ3) is 4.67. The van der Waals surface area contributed by atoms with Crippen LogP contribution >= 0.6 is 11.6 Å². The molecule has 0 aromatic heterocycles. The summed E-state index contributed by atoms with van der Waals surface area (Å²) in [7, 11) is 0. The molecule has 2 aromatic rings. The quantitative estimate of drug-likeness (QED) is 0.860. The third-order valence-electron chi connectivity index (χ3n) is 2.80. The van der Waals surface area contributed by atoms with Crippen molar-refractivity contribution < 1.29 is 9.84 Å². The predicted octanol–water partition coefficient (Wildman–Crippen LogP) is 3.06. The molecule has 1 atom stereocenters. The zero-order valence-corrected chi connectivity index (χ0v) is 12.0. The van der Waals surface area contributed by atoms with Gasteiger partial charge in [0.05, 0.1) is 16.7 Å². The van der Waals surface area contributed by atoms with Crippen molar-refractivity contribution in [3.8, 4) is 11.8 Å². The molecule has 2 N–H and O–H groups in total. The van der Waals surface area contributed by atoms with Gasteiger partial charge in [-0.2, -0.15) is 5.26 Å². The summed E-state index contributed by atoms with van der Waals surface area (Å²) in [5, 5.41) is 22.3. The first-order valence-electron chi connectivity index (χ1n) is 6.48. The minimum Gasteiger partial charge on any atom is -0.489 e. The van der Waals surface area contributed by atoms with Crippen LogP contribution in [-0.2, 0) is 0 Å². The molecule has 108 valence electrons. The van der Waals surface area contributed by atoms with Gasteiger partial charge in [0.15, 0.2) is 0 Å². The average Bonchev–Trinajstić information content (AvgIpc) is 2.52. The highest BCUT2D eigenvalue weighted by atomic mass is 35.5. The second-order valence-electron chi connectivity index (χ2n) is 4.47. The lowest BCUT2D eigenvalue weighted by atomic mass is 10.2. The van der Waals surface area contributed by atoms with Crippen LogP contribution in [0, 0.1) is 11.3 Å². The summed E-state index contributed by atoms with van der Waals surface area (Å²) in [5.41, 5.74) is 1.35. The number of anilines is 1. The van der Waals surface area contributed by atoms with E-state index >= 15 is 0 Å². The van der Waals surface area contributed by atoms with Gasteiger partial charge in [0.25, 0.3) is 0 Å². The fourth-order valence-electron chi connectivity index (χ4n) is 1.74. The van der Waals surface area contributed by atoms with Gasteiger partial charge >= 0.3 is 0 Å². The van der Waals surface area contributed by atoms with Crippen LogP contribution in [0.2, 0.25) is 5.02 Å². The molecule has 0 aliphatic carbocycles. The number of ether oxygens (including phenoxy) is 1. The van der Waals surface area contributed by atoms with Crippen molar-refractivity contribution >= 4 is 17.3 Å². The Balaban J connectivity index is 1.81. The molecule has 0 aliphatic rings. The molecule has 1 unspecified atom stereocenters. The lowest BCUT2D eigenvalue weighted by Gasteiger charge is -2.14. The van der Waals surface area contributed by atoms with Gasteiger partial charge in [-0.3, -0.25) is 0 Å². The molecule has 0 fully saturated rings. The first-order chi connectivity index (χ1) is 10.2. The van der Waals surface area contributed by atoms with E-state index in [2.05, 4.69) is 11.4 Å². The number of aliphatic hydroxyl groups excluding tert-OH is 1. The summed E-state index contributed by atoms with van der Waals surface area (Å²) in [6.45, 7) is 0.452. The second kappa shape index (κ2) is 7.53. The number of nitrogens with one attached hydrogen (secondary N) is 1. The molecular weight excluding hydrogens is 288 g/mol. The number of nitriles is 1. The largest absolute Gasteiger partial charge is 0.489 e. The standard InChI is InChI=1S/C16H15ClN2O2/c17-15-6-1-2-7-16(15)21-11-14(20)10-19-13-5-3-4-12(8-13)9-18/h1-8,14,19-20H,10-11H2. The fourth-order valence-corrected chi connectivity index (χ4v) is 1.93. The molecule has 0 saturated heterocycles. The van der Waals surface area contributed by atoms with Gasteiger partial charge in [0, 0.05) is 12.2 Å². The maximum Gasteiger partial charge on any atom is 0.138 e. The van der Waals surface area contributed by atoms with Gasteiger partial charge in [-0.05, 0) is 30.3 Å². The van der Waals surface area contributed by atoms with E-state index in [0.29, 0.717) is 22.9 Å². The SMILES string of the molecule is N#Cc1cccc(NCC(O)COc2ccccc2Cl)c1. The minimum absolute atomic E-state index is 0.134. The first-order valence-corrected chi connectivity index (χ1v) is 6.86. The summed E-state index contributed by atoms with van der Waals surface area (Å²) in [5.74, 6) is 0.546. The highest BCUT2D eigenvalue weighted by Crippen LogP contribution is 2.23. The van der Waals surface area contributed by atoms with E-state index in [9.17, 15) is 5.11 Å². The predicted molar refractivity (Wildman–Crippen MR) is 82.6 cm³/mol. The van der Waals surface area contributed by atoms with E-state index in [1.165, 1.54) is 0 Å². The van der Waals surface area contributed by atoms with E-state index in [4.69, 9.17) is 21.6 Å². The summed E-state index contributed by atoms with van der Waals surface area (Å²) >= 11 is 5.96. The van der Waals surface area contributed by atoms with Crippen LogP contribution in [0.1, 0.15) is 5.56 Å². The van der Waals surface area contributed by atoms with E-state index in [-0.39, 0.29) is 6.61 Å². The second-order valence-corrected chi connectivity index (χ2v) is 4.88. The molecule has 4 nitrogen and oxygen atoms in total. The number of para-hydroxylation sites is 1. The molecule has 0 bridgehead atoms. The van der Waals surface area contributed by atoms with Gasteiger partial charge in [0.2, 0.25) is 0 Å². The van der Waals surface area contributed by atoms with E-state index in [1.54, 1.807) is 30.3 Å². The van der Waals surface area contributed by atoms with Crippen LogP contribution in [0.3, 0.4) is 0 Å². The average molecular weight is 303 g/mol. The van der Waals surface area contributed by atoms with Crippen molar-refractivity contribution in [3.05, 3.63) is 59.1 Å². The van der Waals surface area contributed by atoms with Crippen LogP contribution in [0.25, 0.3) is 0 Å². The monoisotopic (exact) mass is 302 g/mol. The smallest absolute Gasteiger partial charge is 0.138 e. The Morgan fingerprint density at radius 2 is 2.05 bits per heavy atom. The number of rotatable bonds is 6. The normalized spacial score (nSPS) is 11.5. The van der Waals surface area contributed by atoms with E-state index in [1.807, 2.05) is 18.2 Å². The van der Waals surface area contributed by atoms with E-state index in [0.717, 1.165) is 5.69 Å². The zero-order valence-electron chi connectivity index (χ0n) is 11.3. The number of nitrogens with zero attached hydrogens (tertiary/aromatic N) is 1. The maximum absolute atomic E-state index is 9.89. The van der Waals surface area contributed by atoms with Crippen LogP contribution in [0.15, 0.2) is 48.5 Å². The Morgan fingerprint density at radius 3 is 2.81 bits per heavy atom. The molecule has 0 heterocycles. The molecular formula is C16H15ClN2O2. The van der Waals surface area contributed by atoms with Crippen molar-refractivity contribution in [3.63, 3.8) is 0 Å². The highest BCUT2D eigenvalue weighted by molar-refractivity contribution is 6.32. The zero-order chi connectivity index (χ0) is 15.1. The summed E-state index contributed by atoms with van der Waals surface area (Å²) in [6.07, 6.45) is -0.688. The molecule has 2 aromatic carbocycles. The number of hydrogen-bond acceptors (Lipinski definition) is 4. The molecule has 0 aliphatic heterocycles. The number of aliphatic hydroxyl groups is 1. The maximum atomic E-state index is 9.89. The molecule has 0 saturated carbocycles. The van der Waals surface area contributed by atoms with Crippen molar-refractivity contribution in [2.75, 3.05) is 18.5 Å². The molecule has 0 amide bonds. The van der Waals surface area contributed by atoms with Crippen LogP contribution < -0.4 is 10.1 Å². The van der Waals surface area contributed by atoms with Gasteiger partial charge in [-0.25, -0.2) is 0 Å². The molecule has 0 spiro atoms. The number of benzene rings is 2. The first kappa shape index (κ1) is 15.2. The summed E-state index contributed by atoms with van der Waals surface area (Å²) < 4.78 is 5.46. The summed E-state index contributed by atoms with van der Waals surface area (Å²) in [6, 6.07) is 16.2. The molecule has 21 heavy (non-hydrogen) atoms. The minimum atomic E-state index is -0.688. The van der Waals surface area contributed by atoms with Gasteiger partial charge in [0.1, 0.15) is 18.5 Å².